The molecule has 0 aliphatic heterocycles. The molecule has 0 fully saturated rings. The van der Waals surface area contributed by atoms with Gasteiger partial charge >= 0.3 is 0 Å². The average molecular weight is 246 g/mol. The highest BCUT2D eigenvalue weighted by Gasteiger charge is 2.13. The molecule has 0 aliphatic carbocycles. The van der Waals surface area contributed by atoms with E-state index in [9.17, 15) is 4.79 Å². The number of benzene rings is 1. The Morgan fingerprint density at radius 2 is 2.11 bits per heavy atom. The minimum Gasteiger partial charge on any atom is -0.461 e. The third-order valence-electron chi connectivity index (χ3n) is 2.91. The number of furan rings is 1. The van der Waals surface area contributed by atoms with Gasteiger partial charge in [-0.2, -0.15) is 0 Å². The predicted molar refractivity (Wildman–Crippen MR) is 71.2 cm³/mol. The number of hydrogen-bond acceptors (Lipinski definition) is 3. The zero-order chi connectivity index (χ0) is 13.3. The monoisotopic (exact) mass is 246 g/mol. The van der Waals surface area contributed by atoms with Crippen molar-refractivity contribution in [2.45, 2.75) is 19.9 Å². The molecule has 0 radical (unpaired) electrons. The molecule has 18 heavy (non-hydrogen) atoms. The number of primary amides is 1. The summed E-state index contributed by atoms with van der Waals surface area (Å²) in [7, 11) is 4.05. The van der Waals surface area contributed by atoms with E-state index in [1.165, 1.54) is 5.56 Å². The maximum atomic E-state index is 11.1. The summed E-state index contributed by atoms with van der Waals surface area (Å²) in [5.41, 5.74) is 8.18. The van der Waals surface area contributed by atoms with E-state index < -0.39 is 0 Å². The van der Waals surface area contributed by atoms with Crippen molar-refractivity contribution in [3.63, 3.8) is 0 Å². The van der Waals surface area contributed by atoms with Gasteiger partial charge in [0.15, 0.2) is 0 Å². The number of amides is 1. The van der Waals surface area contributed by atoms with E-state index in [-0.39, 0.29) is 12.3 Å². The van der Waals surface area contributed by atoms with Gasteiger partial charge in [-0.05, 0) is 38.7 Å². The molecule has 1 aromatic carbocycles. The van der Waals surface area contributed by atoms with Crippen molar-refractivity contribution in [2.75, 3.05) is 14.1 Å². The Morgan fingerprint density at radius 3 is 2.72 bits per heavy atom. The lowest BCUT2D eigenvalue weighted by atomic mass is 10.0. The van der Waals surface area contributed by atoms with Crippen LogP contribution in [0.2, 0.25) is 0 Å². The first kappa shape index (κ1) is 12.6. The smallest absolute Gasteiger partial charge is 0.221 e. The predicted octanol–water partition coefficient (Wildman–Crippen LogP) is 1.83. The van der Waals surface area contributed by atoms with Crippen LogP contribution in [0, 0.1) is 6.92 Å². The normalized spacial score (nSPS) is 11.3. The summed E-state index contributed by atoms with van der Waals surface area (Å²) in [5.74, 6) is 0.435. The number of aryl methyl sites for hydroxylation is 1. The first-order valence-electron chi connectivity index (χ1n) is 5.91. The van der Waals surface area contributed by atoms with E-state index in [0.717, 1.165) is 28.8 Å². The van der Waals surface area contributed by atoms with Crippen molar-refractivity contribution in [1.29, 1.82) is 0 Å². The fourth-order valence-corrected chi connectivity index (χ4v) is 2.18. The topological polar surface area (TPSA) is 59.5 Å². The summed E-state index contributed by atoms with van der Waals surface area (Å²) >= 11 is 0. The van der Waals surface area contributed by atoms with Gasteiger partial charge in [-0.25, -0.2) is 0 Å². The summed E-state index contributed by atoms with van der Waals surface area (Å²) in [5, 5.41) is 0.991. The first-order valence-corrected chi connectivity index (χ1v) is 5.91. The Morgan fingerprint density at radius 1 is 1.39 bits per heavy atom. The first-order chi connectivity index (χ1) is 8.47. The Hall–Kier alpha value is -1.81. The Labute approximate surface area is 106 Å². The van der Waals surface area contributed by atoms with Crippen molar-refractivity contribution in [3.8, 4) is 0 Å². The van der Waals surface area contributed by atoms with E-state index in [2.05, 4.69) is 11.0 Å². The minimum absolute atomic E-state index is 0.226. The van der Waals surface area contributed by atoms with E-state index in [4.69, 9.17) is 10.2 Å². The second-order valence-corrected chi connectivity index (χ2v) is 4.85. The lowest BCUT2D eigenvalue weighted by Gasteiger charge is -2.09. The Kier molecular flexibility index (Phi) is 3.39. The minimum atomic E-state index is -0.334. The van der Waals surface area contributed by atoms with Gasteiger partial charge in [-0.15, -0.1) is 0 Å². The highest BCUT2D eigenvalue weighted by molar-refractivity contribution is 5.88. The fourth-order valence-electron chi connectivity index (χ4n) is 2.18. The highest BCUT2D eigenvalue weighted by Crippen LogP contribution is 2.27. The summed E-state index contributed by atoms with van der Waals surface area (Å²) in [6.45, 7) is 2.72. The molecule has 1 aromatic heterocycles. The Bertz CT molecular complexity index is 585. The number of fused-ring (bicyclic) bond motifs is 1. The SMILES string of the molecule is Cc1oc2ccc(CN(C)C)cc2c1CC(N)=O. The molecular weight excluding hydrogens is 228 g/mol. The van der Waals surface area contributed by atoms with Gasteiger partial charge in [-0.1, -0.05) is 6.07 Å². The molecule has 4 heteroatoms. The van der Waals surface area contributed by atoms with E-state index >= 15 is 0 Å². The third-order valence-corrected chi connectivity index (χ3v) is 2.91. The standard InChI is InChI=1S/C14H18N2O2/c1-9-11(7-14(15)17)12-6-10(8-16(2)3)4-5-13(12)18-9/h4-6H,7-8H2,1-3H3,(H2,15,17). The van der Waals surface area contributed by atoms with Gasteiger partial charge in [0.25, 0.3) is 0 Å². The van der Waals surface area contributed by atoms with Crippen molar-refractivity contribution in [1.82, 2.24) is 4.90 Å². The van der Waals surface area contributed by atoms with Gasteiger partial charge in [0, 0.05) is 17.5 Å². The summed E-state index contributed by atoms with van der Waals surface area (Å²) < 4.78 is 5.64. The molecule has 0 atom stereocenters. The van der Waals surface area contributed by atoms with Crippen molar-refractivity contribution >= 4 is 16.9 Å². The lowest BCUT2D eigenvalue weighted by molar-refractivity contribution is -0.117. The van der Waals surface area contributed by atoms with Crippen molar-refractivity contribution in [3.05, 3.63) is 35.1 Å². The number of nitrogens with two attached hydrogens (primary N) is 1. The molecule has 0 unspecified atom stereocenters. The molecule has 1 amide bonds. The van der Waals surface area contributed by atoms with Crippen LogP contribution < -0.4 is 5.73 Å². The largest absolute Gasteiger partial charge is 0.461 e. The lowest BCUT2D eigenvalue weighted by Crippen LogP contribution is -2.14. The van der Waals surface area contributed by atoms with Gasteiger partial charge in [0.2, 0.25) is 5.91 Å². The average Bonchev–Trinajstić information content (AvgIpc) is 2.54. The summed E-state index contributed by atoms with van der Waals surface area (Å²) in [4.78, 5) is 13.2. The number of carbonyl (C=O) groups excluding carboxylic acids is 1. The van der Waals surface area contributed by atoms with Crippen LogP contribution in [0.25, 0.3) is 11.0 Å². The van der Waals surface area contributed by atoms with Crippen LogP contribution in [0.3, 0.4) is 0 Å². The van der Waals surface area contributed by atoms with Crippen LogP contribution in [-0.2, 0) is 17.8 Å². The molecule has 96 valence electrons. The quantitative estimate of drug-likeness (QED) is 0.895. The molecule has 0 bridgehead atoms. The zero-order valence-electron chi connectivity index (χ0n) is 11.0. The van der Waals surface area contributed by atoms with Crippen LogP contribution >= 0.6 is 0 Å². The molecule has 0 saturated carbocycles. The number of rotatable bonds is 4. The number of hydrogen-bond donors (Lipinski definition) is 1. The van der Waals surface area contributed by atoms with Crippen LogP contribution in [0.4, 0.5) is 0 Å². The van der Waals surface area contributed by atoms with E-state index in [0.29, 0.717) is 0 Å². The molecule has 0 aliphatic rings. The van der Waals surface area contributed by atoms with Crippen LogP contribution in [-0.4, -0.2) is 24.9 Å². The fraction of sp³-hybridized carbons (Fsp3) is 0.357. The van der Waals surface area contributed by atoms with Crippen LogP contribution in [0.1, 0.15) is 16.9 Å². The van der Waals surface area contributed by atoms with Crippen LogP contribution in [0.5, 0.6) is 0 Å². The van der Waals surface area contributed by atoms with Crippen molar-refractivity contribution in [2.24, 2.45) is 5.73 Å². The second-order valence-electron chi connectivity index (χ2n) is 4.85. The molecule has 1 heterocycles. The second kappa shape index (κ2) is 4.82. The van der Waals surface area contributed by atoms with E-state index in [1.54, 1.807) is 0 Å². The molecule has 2 aromatic rings. The maximum absolute atomic E-state index is 11.1. The molecule has 0 saturated heterocycles. The Balaban J connectivity index is 2.48. The van der Waals surface area contributed by atoms with Crippen molar-refractivity contribution < 1.29 is 9.21 Å². The molecule has 2 rings (SSSR count). The molecule has 2 N–H and O–H groups in total. The van der Waals surface area contributed by atoms with Gasteiger partial charge < -0.3 is 15.1 Å². The third kappa shape index (κ3) is 2.54. The summed E-state index contributed by atoms with van der Waals surface area (Å²) in [6.07, 6.45) is 0.226. The highest BCUT2D eigenvalue weighted by atomic mass is 16.3. The maximum Gasteiger partial charge on any atom is 0.221 e. The number of nitrogens with zero attached hydrogens (tertiary/aromatic N) is 1. The molecule has 4 nitrogen and oxygen atoms in total. The van der Waals surface area contributed by atoms with Gasteiger partial charge in [-0.3, -0.25) is 4.79 Å². The molecular formula is C14H18N2O2. The summed E-state index contributed by atoms with van der Waals surface area (Å²) in [6, 6.07) is 6.06. The van der Waals surface area contributed by atoms with Gasteiger partial charge in [0.05, 0.1) is 6.42 Å². The van der Waals surface area contributed by atoms with Crippen LogP contribution in [0.15, 0.2) is 22.6 Å². The number of carbonyl (C=O) groups is 1. The molecule has 0 spiro atoms. The van der Waals surface area contributed by atoms with Gasteiger partial charge in [0.1, 0.15) is 11.3 Å². The van der Waals surface area contributed by atoms with E-state index in [1.807, 2.05) is 33.2 Å². The zero-order valence-corrected chi connectivity index (χ0v) is 11.0.